The highest BCUT2D eigenvalue weighted by molar-refractivity contribution is 7.99. The van der Waals surface area contributed by atoms with Crippen molar-refractivity contribution >= 4 is 11.8 Å². The molecule has 0 aromatic carbocycles. The first kappa shape index (κ1) is 14.2. The van der Waals surface area contributed by atoms with Crippen molar-refractivity contribution in [2.45, 2.75) is 45.3 Å². The fraction of sp³-hybridized carbons (Fsp3) is 1.00. The summed E-state index contributed by atoms with van der Waals surface area (Å²) < 4.78 is 35.7. The first-order valence-corrected chi connectivity index (χ1v) is 6.82. The van der Waals surface area contributed by atoms with Gasteiger partial charge in [-0.15, -0.1) is 0 Å². The molecule has 1 rings (SSSR count). The predicted molar refractivity (Wildman–Crippen MR) is 62.8 cm³/mol. The molecule has 0 aromatic heterocycles. The maximum Gasteiger partial charge on any atom is 0.389 e. The van der Waals surface area contributed by atoms with Crippen LogP contribution in [0.5, 0.6) is 0 Å². The summed E-state index contributed by atoms with van der Waals surface area (Å²) in [5.41, 5.74) is 0.310. The van der Waals surface area contributed by atoms with E-state index < -0.39 is 12.6 Å². The molecule has 0 spiro atoms. The molecule has 5 heteroatoms. The van der Waals surface area contributed by atoms with E-state index in [4.69, 9.17) is 0 Å². The number of hydrogen-bond donors (Lipinski definition) is 1. The molecule has 1 aliphatic rings. The molecule has 16 heavy (non-hydrogen) atoms. The third-order valence-electron chi connectivity index (χ3n) is 2.68. The number of alkyl halides is 3. The molecule has 1 fully saturated rings. The lowest BCUT2D eigenvalue weighted by molar-refractivity contribution is -0.135. The van der Waals surface area contributed by atoms with Crippen molar-refractivity contribution in [2.24, 2.45) is 5.41 Å². The van der Waals surface area contributed by atoms with E-state index >= 15 is 0 Å². The number of hydrogen-bond acceptors (Lipinski definition) is 2. The van der Waals surface area contributed by atoms with E-state index in [0.717, 1.165) is 17.9 Å². The number of halogens is 3. The summed E-state index contributed by atoms with van der Waals surface area (Å²) in [4.78, 5) is 0. The zero-order chi connectivity index (χ0) is 12.2. The van der Waals surface area contributed by atoms with Crippen LogP contribution >= 0.6 is 11.8 Å². The minimum absolute atomic E-state index is 0.186. The molecule has 1 unspecified atom stereocenters. The lowest BCUT2D eigenvalue weighted by Gasteiger charge is -2.35. The third-order valence-corrected chi connectivity index (χ3v) is 4.30. The maximum atomic E-state index is 11.9. The van der Waals surface area contributed by atoms with Crippen molar-refractivity contribution in [1.82, 2.24) is 5.32 Å². The normalized spacial score (nSPS) is 25.7. The van der Waals surface area contributed by atoms with Crippen molar-refractivity contribution in [1.29, 1.82) is 0 Å². The Morgan fingerprint density at radius 2 is 2.06 bits per heavy atom. The van der Waals surface area contributed by atoms with Crippen molar-refractivity contribution < 1.29 is 13.2 Å². The Kier molecular flexibility index (Phi) is 4.98. The van der Waals surface area contributed by atoms with Crippen molar-refractivity contribution in [3.05, 3.63) is 0 Å². The Hall–Kier alpha value is 0.100. The van der Waals surface area contributed by atoms with Crippen LogP contribution in [0.1, 0.15) is 33.1 Å². The minimum atomic E-state index is -4.01. The topological polar surface area (TPSA) is 12.0 Å². The molecular weight excluding hydrogens is 235 g/mol. The Balaban J connectivity index is 2.13. The van der Waals surface area contributed by atoms with Gasteiger partial charge in [0, 0.05) is 18.2 Å². The predicted octanol–water partition coefficient (Wildman–Crippen LogP) is 3.45. The lowest BCUT2D eigenvalue weighted by Crippen LogP contribution is -2.40. The van der Waals surface area contributed by atoms with Crippen LogP contribution in [-0.4, -0.2) is 30.3 Å². The van der Waals surface area contributed by atoms with Gasteiger partial charge in [0.25, 0.3) is 0 Å². The standard InChI is InChI=1S/C11H20F3NS/c1-10(2)6-9(7-16-8-10)15-5-3-4-11(12,13)14/h9,15H,3-8H2,1-2H3. The summed E-state index contributed by atoms with van der Waals surface area (Å²) >= 11 is 1.89. The first-order valence-electron chi connectivity index (χ1n) is 5.66. The molecule has 1 saturated heterocycles. The van der Waals surface area contributed by atoms with E-state index in [2.05, 4.69) is 19.2 Å². The van der Waals surface area contributed by atoms with Crippen LogP contribution in [-0.2, 0) is 0 Å². The summed E-state index contributed by atoms with van der Waals surface area (Å²) in [5, 5.41) is 3.23. The lowest BCUT2D eigenvalue weighted by atomic mass is 9.88. The molecule has 1 atom stereocenters. The zero-order valence-corrected chi connectivity index (χ0v) is 10.7. The van der Waals surface area contributed by atoms with Gasteiger partial charge < -0.3 is 5.32 Å². The van der Waals surface area contributed by atoms with Gasteiger partial charge in [-0.2, -0.15) is 24.9 Å². The van der Waals surface area contributed by atoms with Gasteiger partial charge in [-0.3, -0.25) is 0 Å². The number of thioether (sulfide) groups is 1. The highest BCUT2D eigenvalue weighted by Gasteiger charge is 2.29. The molecule has 0 bridgehead atoms. The van der Waals surface area contributed by atoms with Crippen LogP contribution in [0.2, 0.25) is 0 Å². The van der Waals surface area contributed by atoms with Gasteiger partial charge in [0.15, 0.2) is 0 Å². The smallest absolute Gasteiger partial charge is 0.313 e. The van der Waals surface area contributed by atoms with Gasteiger partial charge in [0.1, 0.15) is 0 Å². The second-order valence-corrected chi connectivity index (χ2v) is 6.28. The van der Waals surface area contributed by atoms with E-state index in [1.807, 2.05) is 11.8 Å². The molecule has 0 amide bonds. The Bertz CT molecular complexity index is 216. The summed E-state index contributed by atoms with van der Waals surface area (Å²) in [7, 11) is 0. The van der Waals surface area contributed by atoms with Crippen molar-refractivity contribution in [3.8, 4) is 0 Å². The highest BCUT2D eigenvalue weighted by Crippen LogP contribution is 2.33. The van der Waals surface area contributed by atoms with Gasteiger partial charge in [0.05, 0.1) is 0 Å². The second-order valence-electron chi connectivity index (χ2n) is 5.25. The summed E-state index contributed by atoms with van der Waals surface area (Å²) in [6.07, 6.45) is -3.44. The van der Waals surface area contributed by atoms with Gasteiger partial charge >= 0.3 is 6.18 Å². The van der Waals surface area contributed by atoms with Gasteiger partial charge in [-0.1, -0.05) is 13.8 Å². The van der Waals surface area contributed by atoms with Gasteiger partial charge in [0.2, 0.25) is 0 Å². The quantitative estimate of drug-likeness (QED) is 0.772. The van der Waals surface area contributed by atoms with Crippen LogP contribution < -0.4 is 5.32 Å². The number of nitrogens with one attached hydrogen (secondary N) is 1. The van der Waals surface area contributed by atoms with Crippen LogP contribution in [0.25, 0.3) is 0 Å². The fourth-order valence-corrected chi connectivity index (χ4v) is 3.30. The van der Waals surface area contributed by atoms with E-state index in [0.29, 0.717) is 18.0 Å². The molecule has 0 saturated carbocycles. The van der Waals surface area contributed by atoms with Crippen molar-refractivity contribution in [2.75, 3.05) is 18.1 Å². The Labute approximate surface area is 99.6 Å². The number of rotatable bonds is 4. The zero-order valence-electron chi connectivity index (χ0n) is 9.86. The Morgan fingerprint density at radius 1 is 1.38 bits per heavy atom. The minimum Gasteiger partial charge on any atom is -0.313 e. The monoisotopic (exact) mass is 255 g/mol. The maximum absolute atomic E-state index is 11.9. The molecule has 1 heterocycles. The van der Waals surface area contributed by atoms with Gasteiger partial charge in [-0.05, 0) is 30.6 Å². The Morgan fingerprint density at radius 3 is 2.62 bits per heavy atom. The fourth-order valence-electron chi connectivity index (χ4n) is 1.99. The van der Waals surface area contributed by atoms with Crippen LogP contribution in [0, 0.1) is 5.41 Å². The van der Waals surface area contributed by atoms with E-state index in [9.17, 15) is 13.2 Å². The third kappa shape index (κ3) is 5.99. The molecule has 0 radical (unpaired) electrons. The molecule has 0 aromatic rings. The molecule has 0 aliphatic carbocycles. The average molecular weight is 255 g/mol. The van der Waals surface area contributed by atoms with Crippen LogP contribution in [0.4, 0.5) is 13.2 Å². The van der Waals surface area contributed by atoms with E-state index in [1.54, 1.807) is 0 Å². The molecular formula is C11H20F3NS. The largest absolute Gasteiger partial charge is 0.389 e. The molecule has 1 aliphatic heterocycles. The van der Waals surface area contributed by atoms with Gasteiger partial charge in [-0.25, -0.2) is 0 Å². The first-order chi connectivity index (χ1) is 7.29. The highest BCUT2D eigenvalue weighted by atomic mass is 32.2. The summed E-state index contributed by atoms with van der Waals surface area (Å²) in [6, 6.07) is 0.377. The van der Waals surface area contributed by atoms with Crippen LogP contribution in [0.3, 0.4) is 0 Å². The van der Waals surface area contributed by atoms with Crippen LogP contribution in [0.15, 0.2) is 0 Å². The van der Waals surface area contributed by atoms with E-state index in [1.165, 1.54) is 0 Å². The van der Waals surface area contributed by atoms with Crippen molar-refractivity contribution in [3.63, 3.8) is 0 Å². The molecule has 96 valence electrons. The summed E-state index contributed by atoms with van der Waals surface area (Å²) in [6.45, 7) is 4.90. The summed E-state index contributed by atoms with van der Waals surface area (Å²) in [5.74, 6) is 2.17. The van der Waals surface area contributed by atoms with E-state index in [-0.39, 0.29) is 6.42 Å². The molecule has 1 nitrogen and oxygen atoms in total. The molecule has 1 N–H and O–H groups in total. The second kappa shape index (κ2) is 5.63. The SMILES string of the molecule is CC1(C)CSCC(NCCCC(F)(F)F)C1. The average Bonchev–Trinajstić information content (AvgIpc) is 2.09.